The maximum absolute atomic E-state index is 9.28. The summed E-state index contributed by atoms with van der Waals surface area (Å²) in [4.78, 5) is 27.8. The van der Waals surface area contributed by atoms with Gasteiger partial charge in [0, 0.05) is 24.4 Å². The topological polar surface area (TPSA) is 118 Å². The summed E-state index contributed by atoms with van der Waals surface area (Å²) in [5, 5.41) is 26.2. The molecule has 0 saturated carbocycles. The van der Waals surface area contributed by atoms with Gasteiger partial charge in [-0.25, -0.2) is 4.79 Å². The fourth-order valence-electron chi connectivity index (χ4n) is 0.118. The predicted molar refractivity (Wildman–Crippen MR) is 32.5 cm³/mol. The van der Waals surface area contributed by atoms with Crippen molar-refractivity contribution >= 4 is 17.9 Å². The Labute approximate surface area is 86.6 Å². The van der Waals surface area contributed by atoms with Crippen molar-refractivity contribution < 1.29 is 49.2 Å². The van der Waals surface area contributed by atoms with Crippen molar-refractivity contribution in [1.82, 2.24) is 0 Å². The predicted octanol–water partition coefficient (Wildman–Crippen LogP) is -2.87. The zero-order chi connectivity index (χ0) is 10.1. The summed E-state index contributed by atoms with van der Waals surface area (Å²) in [7, 11) is 0. The van der Waals surface area contributed by atoms with Gasteiger partial charge in [0.05, 0.1) is 0 Å². The molecule has 0 aliphatic carbocycles. The van der Waals surface area contributed by atoms with Gasteiger partial charge < -0.3 is 24.9 Å². The van der Waals surface area contributed by atoms with Crippen LogP contribution in [-0.2, 0) is 33.9 Å². The van der Waals surface area contributed by atoms with Crippen LogP contribution in [0.3, 0.4) is 0 Å². The first-order chi connectivity index (χ1) is 5.40. The van der Waals surface area contributed by atoms with E-state index in [4.69, 9.17) is 5.11 Å². The summed E-state index contributed by atoms with van der Waals surface area (Å²) in [6, 6.07) is 0. The molecule has 0 aromatic rings. The van der Waals surface area contributed by atoms with Crippen LogP contribution in [0.5, 0.6) is 0 Å². The van der Waals surface area contributed by atoms with Gasteiger partial charge in [0.15, 0.2) is 0 Å². The van der Waals surface area contributed by atoms with Gasteiger partial charge in [-0.05, 0) is 0 Å². The van der Waals surface area contributed by atoms with E-state index in [1.165, 1.54) is 0 Å². The zero-order valence-corrected chi connectivity index (χ0v) is 9.65. The summed E-state index contributed by atoms with van der Waals surface area (Å²) in [5.74, 6) is -4.23. The largest absolute Gasteiger partial charge is 2.00 e. The van der Waals surface area contributed by atoms with Gasteiger partial charge in [0.2, 0.25) is 0 Å². The average Bonchev–Trinajstić information content (AvgIpc) is 1.85. The first-order valence-corrected chi connectivity index (χ1v) is 2.65. The van der Waals surface area contributed by atoms with Crippen LogP contribution in [-0.4, -0.2) is 23.0 Å². The number of aliphatic carboxylic acids is 3. The van der Waals surface area contributed by atoms with E-state index in [1.54, 1.807) is 0 Å². The van der Waals surface area contributed by atoms with Crippen molar-refractivity contribution in [2.24, 2.45) is 0 Å². The number of carboxylic acids is 3. The molecule has 0 amide bonds. The number of hydrogen-bond acceptors (Lipinski definition) is 5. The van der Waals surface area contributed by atoms with Crippen LogP contribution in [0.2, 0.25) is 0 Å². The Kier molecular flexibility index (Phi) is 14.7. The molecule has 68 valence electrons. The van der Waals surface area contributed by atoms with Crippen LogP contribution in [0.4, 0.5) is 0 Å². The van der Waals surface area contributed by atoms with Crippen molar-refractivity contribution in [2.45, 2.75) is 6.42 Å². The van der Waals surface area contributed by atoms with Crippen molar-refractivity contribution in [3.05, 3.63) is 12.7 Å². The van der Waals surface area contributed by atoms with E-state index in [2.05, 4.69) is 6.58 Å². The molecule has 0 saturated heterocycles. The molecule has 7 heteroatoms. The molecular formula is C6H6O6Zn. The third-order valence-corrected chi connectivity index (χ3v) is 0.463. The van der Waals surface area contributed by atoms with Crippen LogP contribution in [0.25, 0.3) is 0 Å². The molecule has 0 bridgehead atoms. The minimum absolute atomic E-state index is 0. The summed E-state index contributed by atoms with van der Waals surface area (Å²) in [6.07, 6.45) is -0.194. The van der Waals surface area contributed by atoms with Crippen LogP contribution in [0.15, 0.2) is 12.7 Å². The monoisotopic (exact) mass is 238 g/mol. The Bertz CT molecular complexity index is 187. The Balaban J connectivity index is -0.000000150. The second-order valence-electron chi connectivity index (χ2n) is 1.46. The summed E-state index contributed by atoms with van der Waals surface area (Å²) in [5.41, 5.74) is 0. The Hall–Kier alpha value is -1.23. The average molecular weight is 239 g/mol. The SMILES string of the molecule is C=CC(=O)O.O=C([O-])CC(=O)[O-].[Zn+2]. The molecule has 0 rings (SSSR count). The molecule has 6 nitrogen and oxygen atoms in total. The van der Waals surface area contributed by atoms with E-state index in [-0.39, 0.29) is 19.5 Å². The van der Waals surface area contributed by atoms with E-state index in [0.29, 0.717) is 0 Å². The molecule has 0 aromatic carbocycles. The Morgan fingerprint density at radius 3 is 1.46 bits per heavy atom. The number of rotatable bonds is 3. The van der Waals surface area contributed by atoms with Gasteiger partial charge in [0.25, 0.3) is 0 Å². The Morgan fingerprint density at radius 1 is 1.23 bits per heavy atom. The molecule has 0 aromatic heterocycles. The Morgan fingerprint density at radius 2 is 1.46 bits per heavy atom. The molecular weight excluding hydrogens is 233 g/mol. The van der Waals surface area contributed by atoms with Gasteiger partial charge in [-0.15, -0.1) is 0 Å². The van der Waals surface area contributed by atoms with Crippen LogP contribution >= 0.6 is 0 Å². The van der Waals surface area contributed by atoms with E-state index < -0.39 is 24.3 Å². The molecule has 0 heterocycles. The fraction of sp³-hybridized carbons (Fsp3) is 0.167. The fourth-order valence-corrected chi connectivity index (χ4v) is 0.118. The number of carbonyl (C=O) groups is 3. The summed E-state index contributed by atoms with van der Waals surface area (Å²) >= 11 is 0. The van der Waals surface area contributed by atoms with Gasteiger partial charge in [-0.1, -0.05) is 6.58 Å². The molecule has 0 atom stereocenters. The van der Waals surface area contributed by atoms with Gasteiger partial charge >= 0.3 is 25.4 Å². The minimum Gasteiger partial charge on any atom is -0.550 e. The van der Waals surface area contributed by atoms with E-state index >= 15 is 0 Å². The van der Waals surface area contributed by atoms with E-state index in [1.807, 2.05) is 0 Å². The summed E-state index contributed by atoms with van der Waals surface area (Å²) in [6.45, 7) is 2.96. The second kappa shape index (κ2) is 10.8. The van der Waals surface area contributed by atoms with Gasteiger partial charge in [0.1, 0.15) is 0 Å². The number of hydrogen-bond donors (Lipinski definition) is 1. The van der Waals surface area contributed by atoms with Gasteiger partial charge in [-0.3, -0.25) is 0 Å². The number of carbonyl (C=O) groups excluding carboxylic acids is 2. The van der Waals surface area contributed by atoms with Gasteiger partial charge in [-0.2, -0.15) is 0 Å². The normalized spacial score (nSPS) is 6.77. The van der Waals surface area contributed by atoms with Crippen LogP contribution < -0.4 is 10.2 Å². The third kappa shape index (κ3) is 36.4. The first kappa shape index (κ1) is 17.8. The molecule has 0 radical (unpaired) electrons. The molecule has 0 aliphatic rings. The molecule has 0 unspecified atom stereocenters. The molecule has 0 spiro atoms. The molecule has 13 heavy (non-hydrogen) atoms. The minimum atomic E-state index is -1.63. The first-order valence-electron chi connectivity index (χ1n) is 2.65. The van der Waals surface area contributed by atoms with E-state index in [0.717, 1.165) is 6.08 Å². The second-order valence-corrected chi connectivity index (χ2v) is 1.46. The van der Waals surface area contributed by atoms with Crippen molar-refractivity contribution in [3.63, 3.8) is 0 Å². The standard InChI is InChI=1S/C3H4O4.C3H4O2.Zn/c4-2(5)1-3(6)7;1-2-3(4)5;/h1H2,(H,4,5)(H,6,7);2H,1H2,(H,4,5);/q;;+2/p-2. The maximum atomic E-state index is 9.28. The zero-order valence-electron chi connectivity index (χ0n) is 6.69. The molecule has 0 fully saturated rings. The molecule has 0 aliphatic heterocycles. The third-order valence-electron chi connectivity index (χ3n) is 0.463. The van der Waals surface area contributed by atoms with E-state index in [9.17, 15) is 24.6 Å². The number of carboxylic acid groups (broad SMARTS) is 3. The van der Waals surface area contributed by atoms with Crippen molar-refractivity contribution in [2.75, 3.05) is 0 Å². The smallest absolute Gasteiger partial charge is 0.550 e. The quantitative estimate of drug-likeness (QED) is 0.321. The van der Waals surface area contributed by atoms with Crippen LogP contribution in [0, 0.1) is 0 Å². The maximum Gasteiger partial charge on any atom is 2.00 e. The molecule has 1 N–H and O–H groups in total. The van der Waals surface area contributed by atoms with Crippen molar-refractivity contribution in [1.29, 1.82) is 0 Å². The summed E-state index contributed by atoms with van der Waals surface area (Å²) < 4.78 is 0. The van der Waals surface area contributed by atoms with Crippen molar-refractivity contribution in [3.8, 4) is 0 Å². The van der Waals surface area contributed by atoms with Crippen LogP contribution in [0.1, 0.15) is 6.42 Å².